The molecule has 1 aromatic carbocycles. The van der Waals surface area contributed by atoms with E-state index in [9.17, 15) is 4.79 Å². The maximum atomic E-state index is 11.9. The normalized spacial score (nSPS) is 10.2. The molecule has 0 saturated carbocycles. The van der Waals surface area contributed by atoms with Gasteiger partial charge in [-0.1, -0.05) is 29.3 Å². The standard InChI is InChI=1S/C14H14Cl2N4O/c1-17-13-8-19-12(7-20-13)14(21)18-5-4-9-2-3-10(15)6-11(9)16/h2-3,6-8H,4-5H2,1H3,(H,17,20)(H,18,21). The number of carbonyl (C=O) groups is 1. The molecule has 0 fully saturated rings. The van der Waals surface area contributed by atoms with Crippen molar-refractivity contribution in [1.82, 2.24) is 15.3 Å². The number of carbonyl (C=O) groups excluding carboxylic acids is 1. The number of nitrogens with zero attached hydrogens (tertiary/aromatic N) is 2. The van der Waals surface area contributed by atoms with E-state index in [1.165, 1.54) is 12.4 Å². The van der Waals surface area contributed by atoms with Crippen LogP contribution in [0.4, 0.5) is 5.82 Å². The van der Waals surface area contributed by atoms with Crippen molar-refractivity contribution in [1.29, 1.82) is 0 Å². The van der Waals surface area contributed by atoms with E-state index in [2.05, 4.69) is 20.6 Å². The van der Waals surface area contributed by atoms with Gasteiger partial charge in [0, 0.05) is 23.6 Å². The van der Waals surface area contributed by atoms with Crippen LogP contribution in [0.25, 0.3) is 0 Å². The topological polar surface area (TPSA) is 66.9 Å². The molecule has 0 spiro atoms. The van der Waals surface area contributed by atoms with Crippen molar-refractivity contribution < 1.29 is 4.79 Å². The van der Waals surface area contributed by atoms with Gasteiger partial charge in [0.15, 0.2) is 0 Å². The third kappa shape index (κ3) is 4.31. The summed E-state index contributed by atoms with van der Waals surface area (Å²) in [4.78, 5) is 19.9. The summed E-state index contributed by atoms with van der Waals surface area (Å²) < 4.78 is 0. The van der Waals surface area contributed by atoms with Crippen LogP contribution in [-0.2, 0) is 6.42 Å². The molecule has 2 rings (SSSR count). The Labute approximate surface area is 132 Å². The first-order valence-electron chi connectivity index (χ1n) is 6.32. The molecule has 0 saturated heterocycles. The fourth-order valence-electron chi connectivity index (χ4n) is 1.70. The number of hydrogen-bond donors (Lipinski definition) is 2. The van der Waals surface area contributed by atoms with Gasteiger partial charge >= 0.3 is 0 Å². The summed E-state index contributed by atoms with van der Waals surface area (Å²) in [5.74, 6) is 0.342. The summed E-state index contributed by atoms with van der Waals surface area (Å²) in [5, 5.41) is 6.79. The van der Waals surface area contributed by atoms with Crippen molar-refractivity contribution in [3.05, 3.63) is 51.9 Å². The molecule has 1 aromatic heterocycles. The lowest BCUT2D eigenvalue weighted by atomic mass is 10.1. The molecule has 0 aliphatic heterocycles. The maximum Gasteiger partial charge on any atom is 0.271 e. The van der Waals surface area contributed by atoms with E-state index < -0.39 is 0 Å². The van der Waals surface area contributed by atoms with Gasteiger partial charge in [-0.25, -0.2) is 9.97 Å². The molecule has 0 atom stereocenters. The van der Waals surface area contributed by atoms with Gasteiger partial charge in [-0.3, -0.25) is 4.79 Å². The SMILES string of the molecule is CNc1cnc(C(=O)NCCc2ccc(Cl)cc2Cl)cn1. The van der Waals surface area contributed by atoms with Crippen molar-refractivity contribution in [2.75, 3.05) is 18.9 Å². The fourth-order valence-corrected chi connectivity index (χ4v) is 2.20. The number of rotatable bonds is 5. The molecule has 0 radical (unpaired) electrons. The molecule has 0 bridgehead atoms. The van der Waals surface area contributed by atoms with Crippen LogP contribution in [0.1, 0.15) is 16.1 Å². The predicted molar refractivity (Wildman–Crippen MR) is 84.1 cm³/mol. The Morgan fingerprint density at radius 2 is 2.05 bits per heavy atom. The molecular weight excluding hydrogens is 311 g/mol. The Bertz CT molecular complexity index is 631. The highest BCUT2D eigenvalue weighted by Crippen LogP contribution is 2.21. The molecule has 1 heterocycles. The highest BCUT2D eigenvalue weighted by atomic mass is 35.5. The van der Waals surface area contributed by atoms with E-state index in [0.717, 1.165) is 5.56 Å². The molecule has 0 aliphatic rings. The van der Waals surface area contributed by atoms with Gasteiger partial charge in [0.1, 0.15) is 11.5 Å². The lowest BCUT2D eigenvalue weighted by Crippen LogP contribution is -2.26. The number of hydrogen-bond acceptors (Lipinski definition) is 4. The highest BCUT2D eigenvalue weighted by Gasteiger charge is 2.08. The van der Waals surface area contributed by atoms with Crippen LogP contribution >= 0.6 is 23.2 Å². The first kappa shape index (κ1) is 15.5. The Morgan fingerprint density at radius 3 is 2.67 bits per heavy atom. The quantitative estimate of drug-likeness (QED) is 0.887. The maximum absolute atomic E-state index is 11.9. The number of benzene rings is 1. The van der Waals surface area contributed by atoms with Crippen molar-refractivity contribution in [2.45, 2.75) is 6.42 Å². The average molecular weight is 325 g/mol. The highest BCUT2D eigenvalue weighted by molar-refractivity contribution is 6.35. The van der Waals surface area contributed by atoms with Gasteiger partial charge in [-0.15, -0.1) is 0 Å². The fraction of sp³-hybridized carbons (Fsp3) is 0.214. The zero-order valence-electron chi connectivity index (χ0n) is 11.4. The van der Waals surface area contributed by atoms with Crippen LogP contribution in [0.15, 0.2) is 30.6 Å². The Morgan fingerprint density at radius 1 is 1.24 bits per heavy atom. The molecular formula is C14H14Cl2N4O. The van der Waals surface area contributed by atoms with E-state index in [1.807, 2.05) is 6.07 Å². The van der Waals surface area contributed by atoms with Crippen LogP contribution in [0.2, 0.25) is 10.0 Å². The Balaban J connectivity index is 1.88. The van der Waals surface area contributed by atoms with E-state index in [-0.39, 0.29) is 11.6 Å². The second kappa shape index (κ2) is 7.24. The molecule has 7 heteroatoms. The third-order valence-electron chi connectivity index (χ3n) is 2.84. The molecule has 1 amide bonds. The van der Waals surface area contributed by atoms with E-state index in [1.54, 1.807) is 19.2 Å². The van der Waals surface area contributed by atoms with Crippen molar-refractivity contribution in [3.8, 4) is 0 Å². The molecule has 0 unspecified atom stereocenters. The first-order chi connectivity index (χ1) is 10.1. The van der Waals surface area contributed by atoms with Crippen LogP contribution < -0.4 is 10.6 Å². The number of anilines is 1. The van der Waals surface area contributed by atoms with Crippen LogP contribution in [0, 0.1) is 0 Å². The van der Waals surface area contributed by atoms with E-state index in [4.69, 9.17) is 23.2 Å². The molecule has 2 N–H and O–H groups in total. The summed E-state index contributed by atoms with van der Waals surface area (Å²) in [6, 6.07) is 5.30. The van der Waals surface area contributed by atoms with Crippen molar-refractivity contribution in [3.63, 3.8) is 0 Å². The minimum Gasteiger partial charge on any atom is -0.372 e. The number of amides is 1. The van der Waals surface area contributed by atoms with Gasteiger partial charge in [-0.2, -0.15) is 0 Å². The van der Waals surface area contributed by atoms with Crippen LogP contribution in [0.3, 0.4) is 0 Å². The monoisotopic (exact) mass is 324 g/mol. The van der Waals surface area contributed by atoms with E-state index in [0.29, 0.717) is 28.8 Å². The average Bonchev–Trinajstić information content (AvgIpc) is 2.49. The number of aromatic nitrogens is 2. The number of nitrogens with one attached hydrogen (secondary N) is 2. The largest absolute Gasteiger partial charge is 0.372 e. The van der Waals surface area contributed by atoms with Crippen molar-refractivity contribution >= 4 is 34.9 Å². The summed E-state index contributed by atoms with van der Waals surface area (Å²) in [5.41, 5.74) is 1.20. The lowest BCUT2D eigenvalue weighted by molar-refractivity contribution is 0.0949. The zero-order chi connectivity index (χ0) is 15.2. The Kier molecular flexibility index (Phi) is 5.36. The van der Waals surface area contributed by atoms with Gasteiger partial charge in [0.25, 0.3) is 5.91 Å². The molecule has 110 valence electrons. The summed E-state index contributed by atoms with van der Waals surface area (Å²) in [6.07, 6.45) is 3.55. The summed E-state index contributed by atoms with van der Waals surface area (Å²) in [7, 11) is 1.74. The van der Waals surface area contributed by atoms with Gasteiger partial charge < -0.3 is 10.6 Å². The van der Waals surface area contributed by atoms with Crippen molar-refractivity contribution in [2.24, 2.45) is 0 Å². The second-order valence-electron chi connectivity index (χ2n) is 4.28. The molecule has 5 nitrogen and oxygen atoms in total. The summed E-state index contributed by atoms with van der Waals surface area (Å²) >= 11 is 11.9. The van der Waals surface area contributed by atoms with Gasteiger partial charge in [-0.05, 0) is 24.1 Å². The minimum atomic E-state index is -0.268. The molecule has 0 aliphatic carbocycles. The van der Waals surface area contributed by atoms with Crippen LogP contribution in [0.5, 0.6) is 0 Å². The first-order valence-corrected chi connectivity index (χ1v) is 7.07. The second-order valence-corrected chi connectivity index (χ2v) is 5.12. The number of halogens is 2. The molecule has 21 heavy (non-hydrogen) atoms. The minimum absolute atomic E-state index is 0.268. The van der Waals surface area contributed by atoms with Gasteiger partial charge in [0.05, 0.1) is 12.4 Å². The van der Waals surface area contributed by atoms with Gasteiger partial charge in [0.2, 0.25) is 0 Å². The van der Waals surface area contributed by atoms with E-state index >= 15 is 0 Å². The smallest absolute Gasteiger partial charge is 0.271 e. The predicted octanol–water partition coefficient (Wildman–Crippen LogP) is 2.80. The lowest BCUT2D eigenvalue weighted by Gasteiger charge is -2.07. The zero-order valence-corrected chi connectivity index (χ0v) is 12.9. The van der Waals surface area contributed by atoms with Crippen LogP contribution in [-0.4, -0.2) is 29.5 Å². The third-order valence-corrected chi connectivity index (χ3v) is 3.42. The Hall–Kier alpha value is -1.85. The summed E-state index contributed by atoms with van der Waals surface area (Å²) in [6.45, 7) is 0.454. The molecule has 2 aromatic rings.